The van der Waals surface area contributed by atoms with Gasteiger partial charge in [-0.3, -0.25) is 4.57 Å². The molecule has 0 spiro atoms. The molecule has 63 heavy (non-hydrogen) atoms. The van der Waals surface area contributed by atoms with Crippen molar-refractivity contribution in [3.8, 4) is 39.9 Å². The van der Waals surface area contributed by atoms with Crippen molar-refractivity contribution < 1.29 is 4.42 Å². The fraction of sp³-hybridized carbons (Fsp3) is 0. The molecule has 0 aliphatic rings. The van der Waals surface area contributed by atoms with Crippen molar-refractivity contribution in [2.75, 3.05) is 0 Å². The molecule has 0 atom stereocenters. The van der Waals surface area contributed by atoms with Crippen LogP contribution in [-0.4, -0.2) is 27.6 Å². The molecule has 5 nitrogen and oxygen atoms in total. The average molecular weight is 823 g/mol. The van der Waals surface area contributed by atoms with Crippen LogP contribution in [0.15, 0.2) is 235 Å². The Bertz CT molecular complexity index is 3530. The van der Waals surface area contributed by atoms with Crippen molar-refractivity contribution in [3.63, 3.8) is 0 Å². The molecule has 296 valence electrons. The van der Waals surface area contributed by atoms with Gasteiger partial charge in [0.2, 0.25) is 5.95 Å². The zero-order valence-electron chi connectivity index (χ0n) is 34.1. The van der Waals surface area contributed by atoms with Gasteiger partial charge in [-0.2, -0.15) is 9.97 Å². The first-order valence-corrected chi connectivity index (χ1v) is 23.3. The van der Waals surface area contributed by atoms with Crippen molar-refractivity contribution in [2.45, 2.75) is 0 Å². The summed E-state index contributed by atoms with van der Waals surface area (Å²) in [5.41, 5.74) is 8.00. The smallest absolute Gasteiger partial charge is 0.238 e. The molecule has 0 aliphatic carbocycles. The van der Waals surface area contributed by atoms with E-state index in [1.54, 1.807) is 0 Å². The molecule has 12 rings (SSSR count). The fourth-order valence-corrected chi connectivity index (χ4v) is 15.0. The van der Waals surface area contributed by atoms with Gasteiger partial charge in [-0.1, -0.05) is 206 Å². The molecular formula is C57H38N4OSi. The molecule has 0 radical (unpaired) electrons. The molecule has 0 saturated heterocycles. The minimum Gasteiger partial charge on any atom is -0.456 e. The molecule has 3 aromatic heterocycles. The number of nitrogens with zero attached hydrogens (tertiary/aromatic N) is 4. The van der Waals surface area contributed by atoms with Crippen LogP contribution in [0.2, 0.25) is 0 Å². The molecule has 0 bridgehead atoms. The van der Waals surface area contributed by atoms with E-state index in [0.717, 1.165) is 60.4 Å². The minimum absolute atomic E-state index is 0.565. The topological polar surface area (TPSA) is 56.7 Å². The summed E-state index contributed by atoms with van der Waals surface area (Å²) in [5.74, 6) is 1.80. The van der Waals surface area contributed by atoms with Gasteiger partial charge in [0.15, 0.2) is 19.7 Å². The Labute approximate surface area is 365 Å². The van der Waals surface area contributed by atoms with E-state index in [1.165, 1.54) is 26.3 Å². The van der Waals surface area contributed by atoms with Gasteiger partial charge in [-0.15, -0.1) is 0 Å². The number of benzene rings is 9. The van der Waals surface area contributed by atoms with Gasteiger partial charge in [0.25, 0.3) is 0 Å². The van der Waals surface area contributed by atoms with Gasteiger partial charge >= 0.3 is 0 Å². The number of furan rings is 1. The predicted molar refractivity (Wildman–Crippen MR) is 261 cm³/mol. The molecule has 0 N–H and O–H groups in total. The first-order valence-electron chi connectivity index (χ1n) is 21.3. The van der Waals surface area contributed by atoms with Crippen molar-refractivity contribution in [3.05, 3.63) is 231 Å². The lowest BCUT2D eigenvalue weighted by atomic mass is 9.99. The number of hydrogen-bond acceptors (Lipinski definition) is 4. The van der Waals surface area contributed by atoms with E-state index >= 15 is 0 Å². The van der Waals surface area contributed by atoms with Gasteiger partial charge < -0.3 is 4.42 Å². The molecular weight excluding hydrogens is 785 g/mol. The summed E-state index contributed by atoms with van der Waals surface area (Å²) < 4.78 is 8.85. The van der Waals surface area contributed by atoms with Gasteiger partial charge in [0.1, 0.15) is 11.2 Å². The number of aromatic nitrogens is 4. The highest BCUT2D eigenvalue weighted by atomic mass is 28.3. The Morgan fingerprint density at radius 3 is 1.52 bits per heavy atom. The van der Waals surface area contributed by atoms with Gasteiger partial charge in [0, 0.05) is 32.7 Å². The highest BCUT2D eigenvalue weighted by Gasteiger charge is 2.45. The summed E-state index contributed by atoms with van der Waals surface area (Å²) in [6.07, 6.45) is 0. The summed E-state index contributed by atoms with van der Waals surface area (Å²) in [6, 6.07) is 82.2. The minimum atomic E-state index is -3.17. The highest BCUT2D eigenvalue weighted by molar-refractivity contribution is 7.21. The van der Waals surface area contributed by atoms with Crippen LogP contribution in [-0.2, 0) is 0 Å². The van der Waals surface area contributed by atoms with Crippen LogP contribution >= 0.6 is 0 Å². The van der Waals surface area contributed by atoms with E-state index in [-0.39, 0.29) is 0 Å². The van der Waals surface area contributed by atoms with Crippen molar-refractivity contribution in [1.29, 1.82) is 0 Å². The zero-order chi connectivity index (χ0) is 41.7. The molecule has 0 saturated carbocycles. The van der Waals surface area contributed by atoms with Crippen LogP contribution in [0, 0.1) is 0 Å². The van der Waals surface area contributed by atoms with Crippen molar-refractivity contribution in [1.82, 2.24) is 19.5 Å². The first kappa shape index (κ1) is 36.6. The van der Waals surface area contributed by atoms with Crippen LogP contribution in [0.4, 0.5) is 0 Å². The van der Waals surface area contributed by atoms with Crippen LogP contribution in [0.3, 0.4) is 0 Å². The molecule has 6 heteroatoms. The van der Waals surface area contributed by atoms with Crippen LogP contribution in [0.5, 0.6) is 0 Å². The van der Waals surface area contributed by atoms with Crippen molar-refractivity contribution >= 4 is 72.6 Å². The second kappa shape index (κ2) is 15.1. The summed E-state index contributed by atoms with van der Waals surface area (Å²) in [5, 5.41) is 9.71. The Kier molecular flexibility index (Phi) is 8.76. The Morgan fingerprint density at radius 2 is 0.841 bits per heavy atom. The lowest BCUT2D eigenvalue weighted by Crippen LogP contribution is -2.75. The Hall–Kier alpha value is -8.19. The third-order valence-corrected chi connectivity index (χ3v) is 17.3. The third kappa shape index (κ3) is 5.87. The Morgan fingerprint density at radius 1 is 0.349 bits per heavy atom. The molecule has 0 fully saturated rings. The predicted octanol–water partition coefficient (Wildman–Crippen LogP) is 11.2. The van der Waals surface area contributed by atoms with E-state index in [9.17, 15) is 0 Å². The van der Waals surface area contributed by atoms with Crippen LogP contribution in [0.25, 0.3) is 83.6 Å². The standard InChI is InChI=1S/C57H38N4OSi/c1-5-21-39(22-6-1)55-58-56(40-23-7-2-8-24-40)60-57(59-55)61-47-33-16-13-30-45(47)53-44(32-19-34-48(53)61)43-29-15-18-37-51(43)63(41-25-9-3-10-26-41,42-27-11-4-12-28-42)52-38-20-36-50-54(52)46-31-14-17-35-49(46)62-50/h1-38H. The van der Waals surface area contributed by atoms with Crippen LogP contribution < -0.4 is 20.7 Å². The van der Waals surface area contributed by atoms with Crippen LogP contribution in [0.1, 0.15) is 0 Å². The first-order chi connectivity index (χ1) is 31.3. The van der Waals surface area contributed by atoms with Crippen molar-refractivity contribution in [2.24, 2.45) is 0 Å². The van der Waals surface area contributed by atoms with E-state index in [2.05, 4.69) is 199 Å². The number of fused-ring (bicyclic) bond motifs is 6. The maximum atomic E-state index is 6.64. The summed E-state index contributed by atoms with van der Waals surface area (Å²) >= 11 is 0. The second-order valence-electron chi connectivity index (χ2n) is 15.9. The summed E-state index contributed by atoms with van der Waals surface area (Å²) in [4.78, 5) is 15.5. The normalized spacial score (nSPS) is 11.8. The lowest BCUT2D eigenvalue weighted by Gasteiger charge is -2.36. The maximum Gasteiger partial charge on any atom is 0.238 e. The third-order valence-electron chi connectivity index (χ3n) is 12.4. The second-order valence-corrected chi connectivity index (χ2v) is 19.6. The highest BCUT2D eigenvalue weighted by Crippen LogP contribution is 2.39. The van der Waals surface area contributed by atoms with E-state index in [4.69, 9.17) is 19.4 Å². The molecule has 0 aliphatic heterocycles. The summed E-state index contributed by atoms with van der Waals surface area (Å²) in [6.45, 7) is 0. The SMILES string of the molecule is c1ccc(-c2nc(-c3ccccc3)nc(-n3c4ccccc4c4c(-c5ccccc5[Si](c5ccccc5)(c5ccccc5)c5cccc6oc7ccccc7c56)cccc43)n2)cc1. The monoisotopic (exact) mass is 822 g/mol. The number of hydrogen-bond donors (Lipinski definition) is 0. The molecule has 12 aromatic rings. The quantitative estimate of drug-likeness (QED) is 0.113. The number of rotatable bonds is 8. The molecule has 9 aromatic carbocycles. The molecule has 0 amide bonds. The van der Waals surface area contributed by atoms with E-state index in [0.29, 0.717) is 17.6 Å². The van der Waals surface area contributed by atoms with E-state index < -0.39 is 8.07 Å². The van der Waals surface area contributed by atoms with Gasteiger partial charge in [-0.25, -0.2) is 4.98 Å². The molecule has 0 unspecified atom stereocenters. The Balaban J connectivity index is 1.18. The maximum absolute atomic E-state index is 6.64. The summed E-state index contributed by atoms with van der Waals surface area (Å²) in [7, 11) is -3.17. The van der Waals surface area contributed by atoms with E-state index in [1.807, 2.05) is 36.4 Å². The fourth-order valence-electron chi connectivity index (χ4n) is 9.80. The zero-order valence-corrected chi connectivity index (χ0v) is 35.1. The van der Waals surface area contributed by atoms with Gasteiger partial charge in [0.05, 0.1) is 11.0 Å². The van der Waals surface area contributed by atoms with Gasteiger partial charge in [-0.05, 0) is 56.1 Å². The largest absolute Gasteiger partial charge is 0.456 e. The number of para-hydroxylation sites is 2. The molecule has 3 heterocycles. The average Bonchev–Trinajstić information content (AvgIpc) is 3.92. The lowest BCUT2D eigenvalue weighted by molar-refractivity contribution is 0.669.